The molecule has 2 atom stereocenters. The average molecular weight is 213 g/mol. The number of para-hydroxylation sites is 1. The number of fused-ring (bicyclic) bond motifs is 3. The molecule has 1 nitrogen and oxygen atoms in total. The summed E-state index contributed by atoms with van der Waals surface area (Å²) >= 11 is 0. The van der Waals surface area contributed by atoms with Gasteiger partial charge in [-0.25, -0.2) is 0 Å². The fourth-order valence-corrected chi connectivity index (χ4v) is 3.32. The highest BCUT2D eigenvalue weighted by Crippen LogP contribution is 2.39. The SMILES string of the molecule is Cc1cccc2c3c([nH]c12)CC(C)CC3C. The van der Waals surface area contributed by atoms with Gasteiger partial charge in [-0.05, 0) is 42.7 Å². The summed E-state index contributed by atoms with van der Waals surface area (Å²) in [6.45, 7) is 6.92. The molecule has 0 spiro atoms. The van der Waals surface area contributed by atoms with E-state index in [9.17, 15) is 0 Å². The molecule has 1 heterocycles. The van der Waals surface area contributed by atoms with E-state index in [1.165, 1.54) is 35.0 Å². The lowest BCUT2D eigenvalue weighted by molar-refractivity contribution is 0.448. The van der Waals surface area contributed by atoms with Gasteiger partial charge in [-0.15, -0.1) is 0 Å². The topological polar surface area (TPSA) is 15.8 Å². The first-order chi connectivity index (χ1) is 7.66. The summed E-state index contributed by atoms with van der Waals surface area (Å²) in [6, 6.07) is 6.64. The van der Waals surface area contributed by atoms with E-state index in [1.807, 2.05) is 0 Å². The maximum atomic E-state index is 3.65. The molecule has 0 saturated carbocycles. The van der Waals surface area contributed by atoms with Gasteiger partial charge in [-0.2, -0.15) is 0 Å². The van der Waals surface area contributed by atoms with Gasteiger partial charge in [0.2, 0.25) is 0 Å². The van der Waals surface area contributed by atoms with Gasteiger partial charge in [-0.1, -0.05) is 32.0 Å². The summed E-state index contributed by atoms with van der Waals surface area (Å²) in [7, 11) is 0. The van der Waals surface area contributed by atoms with Gasteiger partial charge in [0.25, 0.3) is 0 Å². The average Bonchev–Trinajstić information content (AvgIpc) is 2.57. The minimum Gasteiger partial charge on any atom is -0.358 e. The zero-order valence-corrected chi connectivity index (χ0v) is 10.3. The summed E-state index contributed by atoms with van der Waals surface area (Å²) < 4.78 is 0. The summed E-state index contributed by atoms with van der Waals surface area (Å²) in [4.78, 5) is 3.65. The predicted octanol–water partition coefficient (Wildman–Crippen LogP) is 4.16. The molecule has 1 aliphatic rings. The lowest BCUT2D eigenvalue weighted by atomic mass is 9.81. The van der Waals surface area contributed by atoms with Crippen molar-refractivity contribution >= 4 is 10.9 Å². The van der Waals surface area contributed by atoms with Crippen molar-refractivity contribution in [1.29, 1.82) is 0 Å². The maximum Gasteiger partial charge on any atom is 0.0488 e. The van der Waals surface area contributed by atoms with Crippen molar-refractivity contribution in [2.75, 3.05) is 0 Å². The summed E-state index contributed by atoms with van der Waals surface area (Å²) in [5.41, 5.74) is 5.78. The first-order valence-electron chi connectivity index (χ1n) is 6.27. The molecule has 1 N–H and O–H groups in total. The van der Waals surface area contributed by atoms with Crippen molar-refractivity contribution in [3.05, 3.63) is 35.0 Å². The van der Waals surface area contributed by atoms with Crippen molar-refractivity contribution in [3.8, 4) is 0 Å². The number of aryl methyl sites for hydroxylation is 1. The lowest BCUT2D eigenvalue weighted by Gasteiger charge is -2.24. The second-order valence-corrected chi connectivity index (χ2v) is 5.46. The third-order valence-electron chi connectivity index (χ3n) is 3.97. The Hall–Kier alpha value is -1.24. The number of hydrogen-bond donors (Lipinski definition) is 1. The van der Waals surface area contributed by atoms with Gasteiger partial charge in [0.15, 0.2) is 0 Å². The largest absolute Gasteiger partial charge is 0.358 e. The Bertz CT molecular complexity index is 536. The molecule has 0 radical (unpaired) electrons. The van der Waals surface area contributed by atoms with Crippen LogP contribution in [-0.2, 0) is 6.42 Å². The highest BCUT2D eigenvalue weighted by Gasteiger charge is 2.25. The Labute approximate surface area is 96.9 Å². The number of rotatable bonds is 0. The number of H-pyrrole nitrogens is 1. The van der Waals surface area contributed by atoms with Crippen LogP contribution in [0.4, 0.5) is 0 Å². The molecule has 0 fully saturated rings. The molecule has 1 aliphatic carbocycles. The highest BCUT2D eigenvalue weighted by atomic mass is 14.7. The van der Waals surface area contributed by atoms with Crippen LogP contribution in [0, 0.1) is 12.8 Å². The number of aromatic amines is 1. The molecule has 1 aromatic heterocycles. The van der Waals surface area contributed by atoms with Crippen LogP contribution in [-0.4, -0.2) is 4.98 Å². The number of benzene rings is 1. The quantitative estimate of drug-likeness (QED) is 0.676. The van der Waals surface area contributed by atoms with E-state index in [0.717, 1.165) is 5.92 Å². The van der Waals surface area contributed by atoms with Crippen molar-refractivity contribution in [2.24, 2.45) is 5.92 Å². The fraction of sp³-hybridized carbons (Fsp3) is 0.467. The summed E-state index contributed by atoms with van der Waals surface area (Å²) in [5.74, 6) is 1.52. The standard InChI is InChI=1S/C15H19N/c1-9-7-11(3)14-12-6-4-5-10(2)15(12)16-13(14)8-9/h4-6,9,11,16H,7-8H2,1-3H3. The molecule has 3 rings (SSSR count). The molecular weight excluding hydrogens is 194 g/mol. The molecule has 0 aliphatic heterocycles. The molecule has 0 bridgehead atoms. The van der Waals surface area contributed by atoms with E-state index in [4.69, 9.17) is 0 Å². The van der Waals surface area contributed by atoms with Crippen LogP contribution >= 0.6 is 0 Å². The molecule has 2 unspecified atom stereocenters. The molecule has 1 aromatic carbocycles. The molecule has 0 saturated heterocycles. The van der Waals surface area contributed by atoms with E-state index < -0.39 is 0 Å². The summed E-state index contributed by atoms with van der Waals surface area (Å²) in [5, 5.41) is 1.45. The number of aromatic nitrogens is 1. The molecule has 16 heavy (non-hydrogen) atoms. The predicted molar refractivity (Wildman–Crippen MR) is 68.9 cm³/mol. The fourth-order valence-electron chi connectivity index (χ4n) is 3.32. The third-order valence-corrected chi connectivity index (χ3v) is 3.97. The first kappa shape index (κ1) is 9.95. The van der Waals surface area contributed by atoms with Crippen LogP contribution < -0.4 is 0 Å². The molecule has 1 heteroatoms. The van der Waals surface area contributed by atoms with Crippen LogP contribution in [0.1, 0.15) is 43.0 Å². The zero-order valence-electron chi connectivity index (χ0n) is 10.3. The van der Waals surface area contributed by atoms with Crippen LogP contribution in [0.5, 0.6) is 0 Å². The smallest absolute Gasteiger partial charge is 0.0488 e. The lowest BCUT2D eigenvalue weighted by Crippen LogP contribution is -2.13. The zero-order chi connectivity index (χ0) is 11.3. The van der Waals surface area contributed by atoms with Gasteiger partial charge in [0, 0.05) is 16.6 Å². The van der Waals surface area contributed by atoms with Crippen molar-refractivity contribution in [3.63, 3.8) is 0 Å². The van der Waals surface area contributed by atoms with E-state index in [0.29, 0.717) is 5.92 Å². The van der Waals surface area contributed by atoms with Gasteiger partial charge in [0.05, 0.1) is 0 Å². The van der Waals surface area contributed by atoms with E-state index >= 15 is 0 Å². The van der Waals surface area contributed by atoms with E-state index in [1.54, 1.807) is 5.56 Å². The molecule has 0 amide bonds. The molecule has 84 valence electrons. The monoisotopic (exact) mass is 213 g/mol. The van der Waals surface area contributed by atoms with Crippen molar-refractivity contribution in [2.45, 2.75) is 39.5 Å². The normalized spacial score (nSPS) is 24.7. The van der Waals surface area contributed by atoms with E-state index in [2.05, 4.69) is 44.0 Å². The third kappa shape index (κ3) is 1.31. The molecular formula is C15H19N. The Kier molecular flexibility index (Phi) is 2.10. The van der Waals surface area contributed by atoms with Crippen molar-refractivity contribution < 1.29 is 0 Å². The number of nitrogens with one attached hydrogen (secondary N) is 1. The number of hydrogen-bond acceptors (Lipinski definition) is 0. The van der Waals surface area contributed by atoms with Gasteiger partial charge in [-0.3, -0.25) is 0 Å². The Morgan fingerprint density at radius 2 is 2.06 bits per heavy atom. The molecule has 2 aromatic rings. The van der Waals surface area contributed by atoms with Gasteiger partial charge in [0.1, 0.15) is 0 Å². The first-order valence-corrected chi connectivity index (χ1v) is 6.27. The Morgan fingerprint density at radius 3 is 2.88 bits per heavy atom. The van der Waals surface area contributed by atoms with Crippen LogP contribution in [0.2, 0.25) is 0 Å². The minimum absolute atomic E-state index is 0.703. The second-order valence-electron chi connectivity index (χ2n) is 5.46. The van der Waals surface area contributed by atoms with Crippen molar-refractivity contribution in [1.82, 2.24) is 4.98 Å². The summed E-state index contributed by atoms with van der Waals surface area (Å²) in [6.07, 6.45) is 2.54. The second kappa shape index (κ2) is 3.38. The van der Waals surface area contributed by atoms with Crippen LogP contribution in [0.25, 0.3) is 10.9 Å². The highest BCUT2D eigenvalue weighted by molar-refractivity contribution is 5.88. The Balaban J connectivity index is 2.30. The van der Waals surface area contributed by atoms with Crippen LogP contribution in [0.3, 0.4) is 0 Å². The van der Waals surface area contributed by atoms with Gasteiger partial charge < -0.3 is 4.98 Å². The van der Waals surface area contributed by atoms with Gasteiger partial charge >= 0.3 is 0 Å². The minimum atomic E-state index is 0.703. The maximum absolute atomic E-state index is 3.65. The van der Waals surface area contributed by atoms with E-state index in [-0.39, 0.29) is 0 Å². The van der Waals surface area contributed by atoms with Crippen LogP contribution in [0.15, 0.2) is 18.2 Å². The Morgan fingerprint density at radius 1 is 1.25 bits per heavy atom.